The standard InChI is InChI=1S/C18H23FN4O/c1-20-9-6-13-7-10-23(11-8-13)18(24)16-12-21-22-17(16)14-2-4-15(19)5-3-14/h2-5,12-13,20H,6-11H2,1H3,(H,21,22). The van der Waals surface area contributed by atoms with E-state index in [1.165, 1.54) is 12.1 Å². The Morgan fingerprint density at radius 2 is 2.04 bits per heavy atom. The molecule has 128 valence electrons. The smallest absolute Gasteiger partial charge is 0.257 e. The first-order chi connectivity index (χ1) is 11.7. The fraction of sp³-hybridized carbons (Fsp3) is 0.444. The molecule has 0 atom stereocenters. The van der Waals surface area contributed by atoms with Crippen LogP contribution in [-0.4, -0.2) is 47.7 Å². The van der Waals surface area contributed by atoms with Gasteiger partial charge in [-0.2, -0.15) is 5.10 Å². The number of benzene rings is 1. The molecule has 0 saturated carbocycles. The summed E-state index contributed by atoms with van der Waals surface area (Å²) in [6.07, 6.45) is 4.80. The Kier molecular flexibility index (Phi) is 5.25. The Bertz CT molecular complexity index is 675. The Balaban J connectivity index is 1.69. The molecule has 0 unspecified atom stereocenters. The summed E-state index contributed by atoms with van der Waals surface area (Å²) in [6, 6.07) is 6.09. The molecule has 1 aromatic carbocycles. The number of hydrogen-bond donors (Lipinski definition) is 2. The Morgan fingerprint density at radius 1 is 1.33 bits per heavy atom. The van der Waals surface area contributed by atoms with Crippen LogP contribution in [0.15, 0.2) is 30.5 Å². The lowest BCUT2D eigenvalue weighted by atomic mass is 9.93. The summed E-state index contributed by atoms with van der Waals surface area (Å²) in [4.78, 5) is 14.7. The maximum atomic E-state index is 13.1. The van der Waals surface area contributed by atoms with E-state index in [0.29, 0.717) is 17.2 Å². The second kappa shape index (κ2) is 7.57. The molecule has 1 aliphatic rings. The highest BCUT2D eigenvalue weighted by Crippen LogP contribution is 2.25. The number of H-pyrrole nitrogens is 1. The number of likely N-dealkylation sites (tertiary alicyclic amines) is 1. The van der Waals surface area contributed by atoms with Gasteiger partial charge < -0.3 is 10.2 Å². The van der Waals surface area contributed by atoms with E-state index in [0.717, 1.165) is 44.5 Å². The number of rotatable bonds is 5. The van der Waals surface area contributed by atoms with Gasteiger partial charge in [-0.05, 0) is 63.0 Å². The molecule has 1 aromatic heterocycles. The van der Waals surface area contributed by atoms with Gasteiger partial charge in [0.2, 0.25) is 0 Å². The fourth-order valence-electron chi connectivity index (χ4n) is 3.23. The molecular formula is C18H23FN4O. The monoisotopic (exact) mass is 330 g/mol. The molecule has 0 aliphatic carbocycles. The SMILES string of the molecule is CNCCC1CCN(C(=O)c2cn[nH]c2-c2ccc(F)cc2)CC1. The van der Waals surface area contributed by atoms with Crippen molar-refractivity contribution in [1.29, 1.82) is 0 Å². The molecule has 0 spiro atoms. The average Bonchev–Trinajstić information content (AvgIpc) is 3.10. The van der Waals surface area contributed by atoms with Crippen molar-refractivity contribution in [3.63, 3.8) is 0 Å². The van der Waals surface area contributed by atoms with Crippen LogP contribution in [0, 0.1) is 11.7 Å². The zero-order valence-corrected chi connectivity index (χ0v) is 13.9. The quantitative estimate of drug-likeness (QED) is 0.886. The first kappa shape index (κ1) is 16.6. The zero-order chi connectivity index (χ0) is 16.9. The van der Waals surface area contributed by atoms with Crippen LogP contribution >= 0.6 is 0 Å². The van der Waals surface area contributed by atoms with Crippen molar-refractivity contribution in [2.75, 3.05) is 26.7 Å². The molecule has 24 heavy (non-hydrogen) atoms. The van der Waals surface area contributed by atoms with Crippen LogP contribution in [-0.2, 0) is 0 Å². The van der Waals surface area contributed by atoms with E-state index in [-0.39, 0.29) is 11.7 Å². The fourth-order valence-corrected chi connectivity index (χ4v) is 3.23. The van der Waals surface area contributed by atoms with Gasteiger partial charge in [-0.15, -0.1) is 0 Å². The summed E-state index contributed by atoms with van der Waals surface area (Å²) in [7, 11) is 1.97. The van der Waals surface area contributed by atoms with Gasteiger partial charge in [0.15, 0.2) is 0 Å². The van der Waals surface area contributed by atoms with Crippen molar-refractivity contribution in [2.45, 2.75) is 19.3 Å². The number of hydrogen-bond acceptors (Lipinski definition) is 3. The highest BCUT2D eigenvalue weighted by atomic mass is 19.1. The maximum absolute atomic E-state index is 13.1. The third-order valence-corrected chi connectivity index (χ3v) is 4.71. The predicted molar refractivity (Wildman–Crippen MR) is 91.2 cm³/mol. The first-order valence-electron chi connectivity index (χ1n) is 8.42. The normalized spacial score (nSPS) is 15.7. The maximum Gasteiger partial charge on any atom is 0.257 e. The first-order valence-corrected chi connectivity index (χ1v) is 8.42. The number of piperidine rings is 1. The number of carbonyl (C=O) groups excluding carboxylic acids is 1. The van der Waals surface area contributed by atoms with Crippen molar-refractivity contribution in [3.8, 4) is 11.3 Å². The van der Waals surface area contributed by atoms with E-state index in [2.05, 4.69) is 15.5 Å². The number of carbonyl (C=O) groups is 1. The number of nitrogens with one attached hydrogen (secondary N) is 2. The molecule has 2 heterocycles. The molecule has 3 rings (SSSR count). The second-order valence-electron chi connectivity index (χ2n) is 6.29. The molecule has 1 amide bonds. The summed E-state index contributed by atoms with van der Waals surface area (Å²) >= 11 is 0. The van der Waals surface area contributed by atoms with Crippen molar-refractivity contribution >= 4 is 5.91 Å². The predicted octanol–water partition coefficient (Wildman–Crippen LogP) is 2.68. The third-order valence-electron chi connectivity index (χ3n) is 4.71. The lowest BCUT2D eigenvalue weighted by Gasteiger charge is -2.32. The third kappa shape index (κ3) is 3.64. The number of amides is 1. The Labute approximate surface area is 141 Å². The van der Waals surface area contributed by atoms with Crippen LogP contribution in [0.3, 0.4) is 0 Å². The Morgan fingerprint density at radius 3 is 2.71 bits per heavy atom. The largest absolute Gasteiger partial charge is 0.339 e. The van der Waals surface area contributed by atoms with E-state index < -0.39 is 0 Å². The van der Waals surface area contributed by atoms with E-state index in [1.807, 2.05) is 11.9 Å². The molecule has 1 fully saturated rings. The minimum atomic E-state index is -0.296. The van der Waals surface area contributed by atoms with Gasteiger partial charge in [-0.3, -0.25) is 9.89 Å². The number of halogens is 1. The number of aromatic amines is 1. The van der Waals surface area contributed by atoms with Gasteiger partial charge in [0, 0.05) is 18.7 Å². The van der Waals surface area contributed by atoms with E-state index in [4.69, 9.17) is 0 Å². The van der Waals surface area contributed by atoms with Crippen molar-refractivity contribution in [2.24, 2.45) is 5.92 Å². The van der Waals surface area contributed by atoms with E-state index in [1.54, 1.807) is 18.3 Å². The van der Waals surface area contributed by atoms with Gasteiger partial charge in [-0.25, -0.2) is 4.39 Å². The summed E-state index contributed by atoms with van der Waals surface area (Å²) in [6.45, 7) is 2.58. The molecule has 2 aromatic rings. The molecular weight excluding hydrogens is 307 g/mol. The average molecular weight is 330 g/mol. The van der Waals surface area contributed by atoms with E-state index in [9.17, 15) is 9.18 Å². The Hall–Kier alpha value is -2.21. The minimum Gasteiger partial charge on any atom is -0.339 e. The lowest BCUT2D eigenvalue weighted by molar-refractivity contribution is 0.0688. The molecule has 1 saturated heterocycles. The van der Waals surface area contributed by atoms with Gasteiger partial charge in [0.25, 0.3) is 5.91 Å². The summed E-state index contributed by atoms with van der Waals surface area (Å²) < 4.78 is 13.1. The highest BCUT2D eigenvalue weighted by molar-refractivity contribution is 5.99. The lowest BCUT2D eigenvalue weighted by Crippen LogP contribution is -2.39. The second-order valence-corrected chi connectivity index (χ2v) is 6.29. The molecule has 5 nitrogen and oxygen atoms in total. The van der Waals surface area contributed by atoms with Crippen LogP contribution in [0.1, 0.15) is 29.6 Å². The molecule has 1 aliphatic heterocycles. The summed E-state index contributed by atoms with van der Waals surface area (Å²) in [5.74, 6) is 0.382. The van der Waals surface area contributed by atoms with Crippen molar-refractivity contribution in [1.82, 2.24) is 20.4 Å². The van der Waals surface area contributed by atoms with Crippen molar-refractivity contribution in [3.05, 3.63) is 41.8 Å². The zero-order valence-electron chi connectivity index (χ0n) is 13.9. The summed E-state index contributed by atoms with van der Waals surface area (Å²) in [5.41, 5.74) is 1.97. The number of aromatic nitrogens is 2. The van der Waals surface area contributed by atoms with Crippen LogP contribution in [0.4, 0.5) is 4.39 Å². The van der Waals surface area contributed by atoms with Gasteiger partial charge in [0.05, 0.1) is 17.5 Å². The minimum absolute atomic E-state index is 0.00450. The van der Waals surface area contributed by atoms with Crippen LogP contribution in [0.5, 0.6) is 0 Å². The van der Waals surface area contributed by atoms with Crippen LogP contribution in [0.25, 0.3) is 11.3 Å². The highest BCUT2D eigenvalue weighted by Gasteiger charge is 2.26. The van der Waals surface area contributed by atoms with Crippen molar-refractivity contribution < 1.29 is 9.18 Å². The van der Waals surface area contributed by atoms with Gasteiger partial charge in [0.1, 0.15) is 5.82 Å². The topological polar surface area (TPSA) is 61.0 Å². The van der Waals surface area contributed by atoms with Gasteiger partial charge in [-0.1, -0.05) is 0 Å². The molecule has 2 N–H and O–H groups in total. The van der Waals surface area contributed by atoms with Gasteiger partial charge >= 0.3 is 0 Å². The van der Waals surface area contributed by atoms with Crippen LogP contribution in [0.2, 0.25) is 0 Å². The number of nitrogens with zero attached hydrogens (tertiary/aromatic N) is 2. The van der Waals surface area contributed by atoms with Crippen LogP contribution < -0.4 is 5.32 Å². The molecule has 0 radical (unpaired) electrons. The van der Waals surface area contributed by atoms with E-state index >= 15 is 0 Å². The molecule has 0 bridgehead atoms. The molecule has 6 heteroatoms. The summed E-state index contributed by atoms with van der Waals surface area (Å²) in [5, 5.41) is 10.1.